The highest BCUT2D eigenvalue weighted by Gasteiger charge is 2.19. The van der Waals surface area contributed by atoms with Gasteiger partial charge in [0, 0.05) is 34.8 Å². The van der Waals surface area contributed by atoms with Crippen molar-refractivity contribution in [3.05, 3.63) is 58.6 Å². The zero-order chi connectivity index (χ0) is 22.1. The van der Waals surface area contributed by atoms with Crippen LogP contribution in [-0.4, -0.2) is 33.1 Å². The number of nitrogens with one attached hydrogen (secondary N) is 2. The number of nitrogens with zero attached hydrogens (tertiary/aromatic N) is 1. The van der Waals surface area contributed by atoms with Gasteiger partial charge in [-0.1, -0.05) is 13.0 Å². The third-order valence-electron chi connectivity index (χ3n) is 3.97. The van der Waals surface area contributed by atoms with E-state index in [2.05, 4.69) is 10.6 Å². The van der Waals surface area contributed by atoms with E-state index in [1.807, 2.05) is 6.92 Å². The zero-order valence-electron chi connectivity index (χ0n) is 16.2. The van der Waals surface area contributed by atoms with Crippen LogP contribution in [-0.2, 0) is 14.4 Å². The molecule has 0 heterocycles. The molecule has 0 aliphatic carbocycles. The van der Waals surface area contributed by atoms with Crippen molar-refractivity contribution in [3.63, 3.8) is 0 Å². The maximum absolute atomic E-state index is 12.6. The summed E-state index contributed by atoms with van der Waals surface area (Å²) in [5, 5.41) is 24.3. The molecule has 0 fully saturated rings. The van der Waals surface area contributed by atoms with Crippen LogP contribution in [0.15, 0.2) is 53.4 Å². The molecule has 10 heteroatoms. The summed E-state index contributed by atoms with van der Waals surface area (Å²) in [6, 6.07) is 12.5. The maximum atomic E-state index is 12.6. The normalized spacial score (nSPS) is 11.4. The van der Waals surface area contributed by atoms with E-state index in [9.17, 15) is 24.5 Å². The second-order valence-electron chi connectivity index (χ2n) is 6.28. The highest BCUT2D eigenvalue weighted by molar-refractivity contribution is 8.00. The minimum absolute atomic E-state index is 0.0587. The molecule has 2 rings (SSSR count). The first-order valence-electron chi connectivity index (χ1n) is 9.12. The van der Waals surface area contributed by atoms with Crippen molar-refractivity contribution in [1.29, 1.82) is 0 Å². The van der Waals surface area contributed by atoms with Gasteiger partial charge >= 0.3 is 5.97 Å². The largest absolute Gasteiger partial charge is 0.481 e. The van der Waals surface area contributed by atoms with Crippen LogP contribution in [0.4, 0.5) is 17.1 Å². The van der Waals surface area contributed by atoms with Gasteiger partial charge in [0.2, 0.25) is 11.8 Å². The van der Waals surface area contributed by atoms with Crippen LogP contribution in [0.1, 0.15) is 26.2 Å². The van der Waals surface area contributed by atoms with Gasteiger partial charge in [-0.3, -0.25) is 24.5 Å². The number of non-ortho nitro benzene ring substituents is 1. The Morgan fingerprint density at radius 2 is 1.77 bits per heavy atom. The number of anilines is 2. The fourth-order valence-corrected chi connectivity index (χ4v) is 3.48. The van der Waals surface area contributed by atoms with Gasteiger partial charge in [0.05, 0.1) is 16.6 Å². The molecule has 3 N–H and O–H groups in total. The van der Waals surface area contributed by atoms with Crippen molar-refractivity contribution in [2.75, 3.05) is 10.6 Å². The van der Waals surface area contributed by atoms with Gasteiger partial charge in [0.1, 0.15) is 0 Å². The second-order valence-corrected chi connectivity index (χ2v) is 7.55. The number of carbonyl (C=O) groups is 3. The molecule has 2 aromatic rings. The maximum Gasteiger partial charge on any atom is 0.303 e. The molecule has 2 aromatic carbocycles. The molecule has 0 aliphatic heterocycles. The summed E-state index contributed by atoms with van der Waals surface area (Å²) in [4.78, 5) is 45.9. The highest BCUT2D eigenvalue weighted by Crippen LogP contribution is 2.29. The number of carboxylic acids is 1. The van der Waals surface area contributed by atoms with Crippen LogP contribution in [0.5, 0.6) is 0 Å². The van der Waals surface area contributed by atoms with E-state index in [4.69, 9.17) is 5.11 Å². The Bertz CT molecular complexity index is 932. The lowest BCUT2D eigenvalue weighted by Crippen LogP contribution is -2.24. The van der Waals surface area contributed by atoms with Crippen LogP contribution in [0, 0.1) is 10.1 Å². The number of thioether (sulfide) groups is 1. The SMILES string of the molecule is CCC(Sc1cccc(NC(=O)CCC(=O)O)c1)C(=O)Nc1ccc([N+](=O)[O-])cc1. The molecule has 0 spiro atoms. The zero-order valence-corrected chi connectivity index (χ0v) is 17.0. The van der Waals surface area contributed by atoms with Crippen LogP contribution < -0.4 is 10.6 Å². The number of nitro benzene ring substituents is 1. The lowest BCUT2D eigenvalue weighted by atomic mass is 10.2. The number of hydrogen-bond acceptors (Lipinski definition) is 6. The predicted octanol–water partition coefficient (Wildman–Crippen LogP) is 3.91. The molecule has 9 nitrogen and oxygen atoms in total. The molecular weight excluding hydrogens is 410 g/mol. The van der Waals surface area contributed by atoms with E-state index >= 15 is 0 Å². The van der Waals surface area contributed by atoms with Crippen LogP contribution in [0.25, 0.3) is 0 Å². The van der Waals surface area contributed by atoms with Crippen molar-refractivity contribution in [2.45, 2.75) is 36.3 Å². The summed E-state index contributed by atoms with van der Waals surface area (Å²) in [7, 11) is 0. The summed E-state index contributed by atoms with van der Waals surface area (Å²) in [5.74, 6) is -1.69. The molecule has 1 atom stereocenters. The van der Waals surface area contributed by atoms with Crippen LogP contribution >= 0.6 is 11.8 Å². The number of carboxylic acid groups (broad SMARTS) is 1. The Labute approximate surface area is 177 Å². The van der Waals surface area contributed by atoms with Gasteiger partial charge in [0.15, 0.2) is 0 Å². The molecule has 0 radical (unpaired) electrons. The molecule has 1 unspecified atom stereocenters. The number of rotatable bonds is 10. The fraction of sp³-hybridized carbons (Fsp3) is 0.250. The molecular formula is C20H21N3O6S. The molecule has 0 aliphatic rings. The minimum atomic E-state index is -1.04. The first-order valence-corrected chi connectivity index (χ1v) is 10.00. The number of carbonyl (C=O) groups excluding carboxylic acids is 2. The Hall–Kier alpha value is -3.40. The summed E-state index contributed by atoms with van der Waals surface area (Å²) in [6.45, 7) is 1.87. The van der Waals surface area contributed by atoms with Gasteiger partial charge in [-0.05, 0) is 36.8 Å². The quantitative estimate of drug-likeness (QED) is 0.294. The molecule has 158 valence electrons. The van der Waals surface area contributed by atoms with Crippen molar-refractivity contribution in [3.8, 4) is 0 Å². The summed E-state index contributed by atoms with van der Waals surface area (Å²) in [5.41, 5.74) is 0.918. The molecule has 2 amide bonds. The number of amides is 2. The molecule has 30 heavy (non-hydrogen) atoms. The first-order chi connectivity index (χ1) is 14.3. The molecule has 0 bridgehead atoms. The van der Waals surface area contributed by atoms with Crippen molar-refractivity contribution < 1.29 is 24.4 Å². The fourth-order valence-electron chi connectivity index (χ4n) is 2.47. The number of benzene rings is 2. The molecule has 0 saturated carbocycles. The van der Waals surface area contributed by atoms with E-state index in [0.717, 1.165) is 4.90 Å². The molecule has 0 aromatic heterocycles. The average Bonchev–Trinajstić information content (AvgIpc) is 2.71. The lowest BCUT2D eigenvalue weighted by molar-refractivity contribution is -0.384. The van der Waals surface area contributed by atoms with Crippen LogP contribution in [0.3, 0.4) is 0 Å². The van der Waals surface area contributed by atoms with Gasteiger partial charge in [0.25, 0.3) is 5.69 Å². The second kappa shape index (κ2) is 11.0. The van der Waals surface area contributed by atoms with E-state index in [0.29, 0.717) is 17.8 Å². The minimum Gasteiger partial charge on any atom is -0.481 e. The smallest absolute Gasteiger partial charge is 0.303 e. The Morgan fingerprint density at radius 3 is 2.37 bits per heavy atom. The number of hydrogen-bond donors (Lipinski definition) is 3. The number of aliphatic carboxylic acids is 1. The standard InChI is InChI=1S/C20H21N3O6S/c1-2-17(20(27)22-13-6-8-15(9-7-13)23(28)29)30-16-5-3-4-14(12-16)21-18(24)10-11-19(25)26/h3-9,12,17H,2,10-11H2,1H3,(H,21,24)(H,22,27)(H,25,26). The Kier molecular flexibility index (Phi) is 8.36. The Balaban J connectivity index is 1.99. The summed E-state index contributed by atoms with van der Waals surface area (Å²) in [6.07, 6.45) is 0.168. The first kappa shape index (κ1) is 22.9. The number of nitro groups is 1. The van der Waals surface area contributed by atoms with E-state index in [1.165, 1.54) is 36.0 Å². The lowest BCUT2D eigenvalue weighted by Gasteiger charge is -2.15. The van der Waals surface area contributed by atoms with Crippen molar-refractivity contribution in [1.82, 2.24) is 0 Å². The Morgan fingerprint density at radius 1 is 1.07 bits per heavy atom. The van der Waals surface area contributed by atoms with E-state index in [1.54, 1.807) is 24.3 Å². The topological polar surface area (TPSA) is 139 Å². The van der Waals surface area contributed by atoms with Gasteiger partial charge in [-0.2, -0.15) is 0 Å². The van der Waals surface area contributed by atoms with Gasteiger partial charge in [-0.25, -0.2) is 0 Å². The predicted molar refractivity (Wildman–Crippen MR) is 114 cm³/mol. The monoisotopic (exact) mass is 431 g/mol. The highest BCUT2D eigenvalue weighted by atomic mass is 32.2. The molecule has 0 saturated heterocycles. The van der Waals surface area contributed by atoms with Crippen molar-refractivity contribution in [2.24, 2.45) is 0 Å². The average molecular weight is 431 g/mol. The van der Waals surface area contributed by atoms with Gasteiger partial charge < -0.3 is 15.7 Å². The van der Waals surface area contributed by atoms with Crippen LogP contribution in [0.2, 0.25) is 0 Å². The summed E-state index contributed by atoms with van der Waals surface area (Å²) < 4.78 is 0. The van der Waals surface area contributed by atoms with Crippen molar-refractivity contribution >= 4 is 46.6 Å². The van der Waals surface area contributed by atoms with E-state index in [-0.39, 0.29) is 24.4 Å². The third-order valence-corrected chi connectivity index (χ3v) is 5.33. The third kappa shape index (κ3) is 7.21. The van der Waals surface area contributed by atoms with E-state index < -0.39 is 22.0 Å². The van der Waals surface area contributed by atoms with Gasteiger partial charge in [-0.15, -0.1) is 11.8 Å². The summed E-state index contributed by atoms with van der Waals surface area (Å²) >= 11 is 1.32.